The summed E-state index contributed by atoms with van der Waals surface area (Å²) in [5.74, 6) is -3.94. The van der Waals surface area contributed by atoms with Gasteiger partial charge in [-0.2, -0.15) is 0 Å². The molecule has 0 aromatic carbocycles. The molecule has 9 rings (SSSR count). The monoisotopic (exact) mass is 1300 g/mol. The van der Waals surface area contributed by atoms with Gasteiger partial charge in [0.1, 0.15) is 46.0 Å². The van der Waals surface area contributed by atoms with E-state index in [0.717, 1.165) is 87.9 Å². The molecule has 2 unspecified atom stereocenters. The second-order valence-corrected chi connectivity index (χ2v) is 30.7. The molecule has 3 aliphatic heterocycles. The molecule has 91 heavy (non-hydrogen) atoms. The number of aliphatic hydroxyl groups is 4. The highest BCUT2D eigenvalue weighted by atomic mass is 32.2. The van der Waals surface area contributed by atoms with Crippen LogP contribution in [-0.4, -0.2) is 171 Å². The number of thioether (sulfide) groups is 1. The van der Waals surface area contributed by atoms with E-state index >= 15 is 0 Å². The molecule has 6 aliphatic carbocycles. The lowest BCUT2D eigenvalue weighted by Gasteiger charge is -2.64. The molecule has 0 aromatic rings. The Morgan fingerprint density at radius 1 is 0.637 bits per heavy atom. The van der Waals surface area contributed by atoms with E-state index in [2.05, 4.69) is 32.4 Å². The fraction of sp³-hybridized carbons (Fsp3) is 0.786. The van der Waals surface area contributed by atoms with Crippen LogP contribution >= 0.6 is 11.8 Å². The Bertz CT molecular complexity index is 2860. The van der Waals surface area contributed by atoms with Gasteiger partial charge in [0.05, 0.1) is 32.0 Å². The largest absolute Gasteiger partial charge is 0.478 e. The van der Waals surface area contributed by atoms with Gasteiger partial charge in [-0.15, -0.1) is 11.8 Å². The van der Waals surface area contributed by atoms with Crippen LogP contribution in [0.4, 0.5) is 0 Å². The van der Waals surface area contributed by atoms with Crippen LogP contribution in [0, 0.1) is 50.2 Å². The predicted octanol–water partition coefficient (Wildman–Crippen LogP) is 9.23. The number of rotatable bonds is 22. The normalized spacial score (nSPS) is 41.7. The van der Waals surface area contributed by atoms with Crippen LogP contribution in [0.1, 0.15) is 193 Å². The number of hydrogen-bond donors (Lipinski definition) is 5. The van der Waals surface area contributed by atoms with E-state index in [1.54, 1.807) is 19.9 Å². The minimum absolute atomic E-state index is 0.000894. The fourth-order valence-corrected chi connectivity index (χ4v) is 19.9. The highest BCUT2D eigenvalue weighted by Crippen LogP contribution is 2.72. The molecular formula is C70H106O20S. The van der Waals surface area contributed by atoms with Crippen molar-refractivity contribution in [2.24, 2.45) is 50.2 Å². The van der Waals surface area contributed by atoms with Crippen molar-refractivity contribution in [3.05, 3.63) is 47.1 Å². The molecule has 0 bridgehead atoms. The van der Waals surface area contributed by atoms with Gasteiger partial charge in [0, 0.05) is 83.9 Å². The number of Topliss-reactive ketones (excluding diaryl/α,β-unsaturated/α-hetero) is 3. The zero-order valence-electron chi connectivity index (χ0n) is 56.8. The Balaban J connectivity index is 0.000000196. The quantitative estimate of drug-likeness (QED) is 0.0168. The van der Waals surface area contributed by atoms with Crippen LogP contribution in [0.3, 0.4) is 0 Å². The maximum absolute atomic E-state index is 13.1. The second kappa shape index (κ2) is 28.3. The molecule has 512 valence electrons. The Hall–Kier alpha value is -4.16. The van der Waals surface area contributed by atoms with Crippen molar-refractivity contribution in [3.8, 4) is 0 Å². The maximum Gasteiger partial charge on any atom is 0.333 e. The number of unbranched alkanes of at least 4 members (excludes halogenated alkanes) is 3. The number of aliphatic hydroxyl groups excluding tert-OH is 4. The number of epoxide rings is 2. The Morgan fingerprint density at radius 2 is 1.11 bits per heavy atom. The molecule has 5 N–H and O–H groups in total. The van der Waals surface area contributed by atoms with E-state index in [-0.39, 0.29) is 28.5 Å². The number of carboxylic acids is 1. The number of carbonyl (C=O) groups excluding carboxylic acids is 6. The third-order valence-corrected chi connectivity index (χ3v) is 24.4. The van der Waals surface area contributed by atoms with Gasteiger partial charge in [0.2, 0.25) is 6.29 Å². The highest BCUT2D eigenvalue weighted by Gasteiger charge is 2.79. The van der Waals surface area contributed by atoms with Crippen molar-refractivity contribution in [2.45, 2.75) is 264 Å². The Kier molecular flexibility index (Phi) is 23.1. The Labute approximate surface area is 542 Å². The molecule has 9 aliphatic rings. The van der Waals surface area contributed by atoms with Crippen LogP contribution in [0.5, 0.6) is 0 Å². The number of cyclic esters (lactones) is 1. The third kappa shape index (κ3) is 13.0. The summed E-state index contributed by atoms with van der Waals surface area (Å²) in [4.78, 5) is 86.7. The summed E-state index contributed by atoms with van der Waals surface area (Å²) < 4.78 is 44.8. The first-order valence-corrected chi connectivity index (χ1v) is 34.1. The molecule has 0 radical (unpaired) electrons. The first-order chi connectivity index (χ1) is 42.6. The van der Waals surface area contributed by atoms with E-state index in [0.29, 0.717) is 51.1 Å². The highest BCUT2D eigenvalue weighted by molar-refractivity contribution is 8.01. The molecule has 2 saturated heterocycles. The lowest BCUT2D eigenvalue weighted by molar-refractivity contribution is -0.214. The number of ketones is 3. The lowest BCUT2D eigenvalue weighted by atomic mass is 9.45. The maximum atomic E-state index is 13.1. The van der Waals surface area contributed by atoms with Crippen LogP contribution < -0.4 is 0 Å². The van der Waals surface area contributed by atoms with Gasteiger partial charge in [-0.1, -0.05) is 115 Å². The molecule has 20 nitrogen and oxygen atoms in total. The van der Waals surface area contributed by atoms with Crippen LogP contribution in [0.25, 0.3) is 0 Å². The number of carbonyl (C=O) groups is 7. The molecular weight excluding hydrogens is 1190 g/mol. The first-order valence-electron chi connectivity index (χ1n) is 33.2. The smallest absolute Gasteiger partial charge is 0.333 e. The van der Waals surface area contributed by atoms with E-state index in [1.165, 1.54) is 51.1 Å². The summed E-state index contributed by atoms with van der Waals surface area (Å²) in [5, 5.41) is 55.2. The van der Waals surface area contributed by atoms with Crippen LogP contribution in [-0.2, 0) is 71.5 Å². The van der Waals surface area contributed by atoms with Gasteiger partial charge in [0.25, 0.3) is 0 Å². The molecule has 19 atom stereocenters. The molecule has 0 amide bonds. The van der Waals surface area contributed by atoms with Gasteiger partial charge < -0.3 is 63.4 Å². The molecule has 3 heterocycles. The number of carboxylic acid groups (broad SMARTS) is 1. The summed E-state index contributed by atoms with van der Waals surface area (Å²) in [6.45, 7) is 27.9. The van der Waals surface area contributed by atoms with Crippen molar-refractivity contribution < 1.29 is 97.0 Å². The topological polar surface area (TPSA) is 301 Å². The predicted molar refractivity (Wildman–Crippen MR) is 339 cm³/mol. The van der Waals surface area contributed by atoms with Crippen molar-refractivity contribution in [2.75, 3.05) is 34.0 Å². The third-order valence-electron chi connectivity index (χ3n) is 22.9. The summed E-state index contributed by atoms with van der Waals surface area (Å²) in [6, 6.07) is 0. The molecule has 21 heteroatoms. The van der Waals surface area contributed by atoms with E-state index in [4.69, 9.17) is 33.2 Å². The number of fused-ring (bicyclic) bond motifs is 7. The molecule has 0 spiro atoms. The summed E-state index contributed by atoms with van der Waals surface area (Å²) >= 11 is 1.45. The van der Waals surface area contributed by atoms with E-state index in [1.807, 2.05) is 48.5 Å². The minimum atomic E-state index is -1.24. The van der Waals surface area contributed by atoms with Gasteiger partial charge in [-0.05, 0) is 118 Å². The average Bonchev–Trinajstić information content (AvgIpc) is 1.60. The lowest BCUT2D eigenvalue weighted by Crippen LogP contribution is -2.72. The number of esters is 3. The average molecular weight is 1300 g/mol. The minimum Gasteiger partial charge on any atom is -0.478 e. The first kappa shape index (κ1) is 74.2. The van der Waals surface area contributed by atoms with Crippen LogP contribution in [0.2, 0.25) is 0 Å². The zero-order valence-corrected chi connectivity index (χ0v) is 57.6. The van der Waals surface area contributed by atoms with Crippen molar-refractivity contribution in [1.82, 2.24) is 0 Å². The summed E-state index contributed by atoms with van der Waals surface area (Å²) in [7, 11) is 2.69. The SMILES string of the molecule is CCCCOC(=O)/C=C1\[C@]2(C(OCCCC)OCCCC)O[C@@H]2[C@@H](O)[C@H]2[C@@](C)(C(C)=O)CCC[C@]12C.COC(=O)/C=C/[C@@]12O[C@@H]1[C@@H](O)[C@H]1[C@@](C)(C(C)=O)CCC[C@]1(C)/C2=C/C(=O)O.COC1OC(=O)C=C2C1(SC(C)C)[C@H](O)[C@@H](O)[C@H]1[C@@](C)(C(C)=O)CCC[C@]21C. The molecule has 0 aromatic heterocycles. The number of aliphatic carboxylic acids is 1. The van der Waals surface area contributed by atoms with Crippen molar-refractivity contribution >= 4 is 53.0 Å². The number of hydrogen-bond acceptors (Lipinski definition) is 20. The number of ether oxygens (including phenoxy) is 8. The van der Waals surface area contributed by atoms with Gasteiger partial charge >= 0.3 is 23.9 Å². The fourth-order valence-electron chi connectivity index (χ4n) is 18.2. The van der Waals surface area contributed by atoms with E-state index in [9.17, 15) is 59.1 Å². The summed E-state index contributed by atoms with van der Waals surface area (Å²) in [6.07, 6.45) is 11.4. The van der Waals surface area contributed by atoms with Crippen molar-refractivity contribution in [1.29, 1.82) is 0 Å². The second-order valence-electron chi connectivity index (χ2n) is 28.9. The zero-order chi connectivity index (χ0) is 67.8. The number of methoxy groups -OCH3 is 2. The van der Waals surface area contributed by atoms with Gasteiger partial charge in [-0.25, -0.2) is 19.2 Å². The van der Waals surface area contributed by atoms with Crippen LogP contribution in [0.15, 0.2) is 47.1 Å². The van der Waals surface area contributed by atoms with Crippen molar-refractivity contribution in [3.63, 3.8) is 0 Å². The standard InChI is InChI=1S/C29H48O7.C21H32O6S.C20H26O7/c1-7-10-16-33-22(31)19-21-28(6)15-13-14-27(5,20(4)30)24(28)23(32)25-29(21,36-25)26(34-17-11-8-2)35-18-12-9-3;1-11(2)28-21-13(10-14(23)27-18(21)26-6)20(5)9-7-8-19(4,12(3)22)16(20)15(24)17(21)25;1-11(21)18(2)7-5-8-19(3)12(10-13(22)23)20(9-6-14(24)26-4)17(27-20)15(25)16(18)19/h19,23-26,32H,7-18H2,1-6H3;10-11,15-18,24-25H,7-9H2,1-6H3;6,9-10,15-17,25H,5,7-8H2,1-4H3,(H,22,23)/b21-19-;;9-6+,12-10-/t23-,24-,25+,27+,28+,29-;15-,16-,17+,18?,19+,20+,21?;15-,16-,17+,18+,19+,20-/m000/s1. The van der Waals surface area contributed by atoms with Gasteiger partial charge in [-0.3, -0.25) is 14.4 Å². The van der Waals surface area contributed by atoms with Gasteiger partial charge in [0.15, 0.2) is 11.9 Å². The molecule has 8 fully saturated rings. The van der Waals surface area contributed by atoms with E-state index < -0.39 is 133 Å². The molecule has 6 saturated carbocycles. The summed E-state index contributed by atoms with van der Waals surface area (Å²) in [5.41, 5.74) is -4.52. The Morgan fingerprint density at radius 3 is 1.57 bits per heavy atom.